The number of phenolic OH excluding ortho intramolecular Hbond substituents is 1. The van der Waals surface area contributed by atoms with Crippen LogP contribution in [0.3, 0.4) is 0 Å². The Morgan fingerprint density at radius 2 is 1.79 bits per heavy atom. The average Bonchev–Trinajstić information content (AvgIpc) is 2.19. The molecule has 2 nitrogen and oxygen atoms in total. The minimum Gasteiger partial charge on any atom is -0.508 e. The molecule has 0 saturated carbocycles. The molecule has 1 aromatic rings. The van der Waals surface area contributed by atoms with Crippen LogP contribution >= 0.6 is 0 Å². The maximum absolute atomic E-state index is 9.18. The van der Waals surface area contributed by atoms with Gasteiger partial charge < -0.3 is 9.84 Å². The monoisotopic (exact) mass is 194 g/mol. The molecule has 78 valence electrons. The van der Waals surface area contributed by atoms with Crippen LogP contribution in [0.5, 0.6) is 5.75 Å². The number of aromatic hydroxyl groups is 1. The van der Waals surface area contributed by atoms with Crippen LogP contribution in [0.1, 0.15) is 32.8 Å². The summed E-state index contributed by atoms with van der Waals surface area (Å²) >= 11 is 0. The van der Waals surface area contributed by atoms with Crippen molar-refractivity contribution in [3.05, 3.63) is 29.8 Å². The summed E-state index contributed by atoms with van der Waals surface area (Å²) in [6, 6.07) is 7.22. The van der Waals surface area contributed by atoms with Gasteiger partial charge in [0, 0.05) is 6.61 Å². The minimum atomic E-state index is -0.234. The van der Waals surface area contributed by atoms with Crippen molar-refractivity contribution >= 4 is 0 Å². The molecule has 0 aliphatic heterocycles. The van der Waals surface area contributed by atoms with Gasteiger partial charge in [0.1, 0.15) is 5.75 Å². The largest absolute Gasteiger partial charge is 0.508 e. The fourth-order valence-electron chi connectivity index (χ4n) is 1.52. The van der Waals surface area contributed by atoms with Crippen LogP contribution in [0.15, 0.2) is 24.3 Å². The zero-order valence-corrected chi connectivity index (χ0v) is 9.08. The van der Waals surface area contributed by atoms with E-state index in [4.69, 9.17) is 4.74 Å². The van der Waals surface area contributed by atoms with E-state index in [0.29, 0.717) is 12.4 Å². The smallest absolute Gasteiger partial charge is 0.115 e. The zero-order chi connectivity index (χ0) is 10.6. The summed E-state index contributed by atoms with van der Waals surface area (Å²) in [6.45, 7) is 6.87. The summed E-state index contributed by atoms with van der Waals surface area (Å²) in [4.78, 5) is 0. The van der Waals surface area contributed by atoms with Gasteiger partial charge in [0.05, 0.1) is 5.60 Å². The van der Waals surface area contributed by atoms with Gasteiger partial charge in [-0.25, -0.2) is 0 Å². The summed E-state index contributed by atoms with van der Waals surface area (Å²) in [5.74, 6) is 0.295. The van der Waals surface area contributed by atoms with Crippen molar-refractivity contribution in [1.29, 1.82) is 0 Å². The standard InChI is InChI=1S/C12H18O2/c1-4-12(3,14-5-2)10-6-8-11(13)9-7-10/h6-9,13H,4-5H2,1-3H3/t12-/m1/s1. The van der Waals surface area contributed by atoms with Crippen molar-refractivity contribution in [2.75, 3.05) is 6.61 Å². The van der Waals surface area contributed by atoms with E-state index in [0.717, 1.165) is 12.0 Å². The molecule has 2 heteroatoms. The van der Waals surface area contributed by atoms with E-state index in [1.165, 1.54) is 0 Å². The van der Waals surface area contributed by atoms with Crippen molar-refractivity contribution in [2.24, 2.45) is 0 Å². The Balaban J connectivity index is 2.94. The second kappa shape index (κ2) is 4.47. The van der Waals surface area contributed by atoms with Crippen LogP contribution < -0.4 is 0 Å². The van der Waals surface area contributed by atoms with Crippen LogP contribution in [-0.4, -0.2) is 11.7 Å². The first kappa shape index (κ1) is 11.1. The lowest BCUT2D eigenvalue weighted by Crippen LogP contribution is -2.24. The van der Waals surface area contributed by atoms with Gasteiger partial charge >= 0.3 is 0 Å². The topological polar surface area (TPSA) is 29.5 Å². The van der Waals surface area contributed by atoms with Crippen LogP contribution in [0.25, 0.3) is 0 Å². The molecule has 0 bridgehead atoms. The lowest BCUT2D eigenvalue weighted by molar-refractivity contribution is -0.0323. The summed E-state index contributed by atoms with van der Waals surface area (Å²) < 4.78 is 5.72. The summed E-state index contributed by atoms with van der Waals surface area (Å²) in [6.07, 6.45) is 0.922. The first-order valence-electron chi connectivity index (χ1n) is 5.06. The second-order valence-corrected chi connectivity index (χ2v) is 3.56. The van der Waals surface area contributed by atoms with Gasteiger partial charge in [-0.15, -0.1) is 0 Å². The van der Waals surface area contributed by atoms with E-state index in [2.05, 4.69) is 13.8 Å². The Bertz CT molecular complexity index is 279. The molecule has 0 unspecified atom stereocenters. The average molecular weight is 194 g/mol. The fraction of sp³-hybridized carbons (Fsp3) is 0.500. The van der Waals surface area contributed by atoms with E-state index in [-0.39, 0.29) is 5.60 Å². The molecule has 0 heterocycles. The molecule has 1 atom stereocenters. The third-order valence-electron chi connectivity index (χ3n) is 2.62. The van der Waals surface area contributed by atoms with Crippen molar-refractivity contribution in [3.63, 3.8) is 0 Å². The second-order valence-electron chi connectivity index (χ2n) is 3.56. The van der Waals surface area contributed by atoms with E-state index in [9.17, 15) is 5.11 Å². The zero-order valence-electron chi connectivity index (χ0n) is 9.08. The quantitative estimate of drug-likeness (QED) is 0.798. The van der Waals surface area contributed by atoms with E-state index < -0.39 is 0 Å². The van der Waals surface area contributed by atoms with E-state index >= 15 is 0 Å². The Labute approximate surface area is 85.5 Å². The lowest BCUT2D eigenvalue weighted by atomic mass is 9.93. The molecule has 1 N–H and O–H groups in total. The molecular formula is C12H18O2. The number of rotatable bonds is 4. The van der Waals surface area contributed by atoms with Crippen LogP contribution in [-0.2, 0) is 10.3 Å². The highest BCUT2D eigenvalue weighted by atomic mass is 16.5. The molecule has 0 saturated heterocycles. The molecule has 14 heavy (non-hydrogen) atoms. The van der Waals surface area contributed by atoms with Crippen molar-refractivity contribution in [2.45, 2.75) is 32.8 Å². The van der Waals surface area contributed by atoms with Crippen LogP contribution in [0, 0.1) is 0 Å². The van der Waals surface area contributed by atoms with Crippen molar-refractivity contribution in [3.8, 4) is 5.75 Å². The molecule has 0 aliphatic carbocycles. The van der Waals surface area contributed by atoms with Gasteiger partial charge in [0.2, 0.25) is 0 Å². The SMILES string of the molecule is CCO[C@](C)(CC)c1ccc(O)cc1. The van der Waals surface area contributed by atoms with Crippen LogP contribution in [0.2, 0.25) is 0 Å². The van der Waals surface area contributed by atoms with Crippen molar-refractivity contribution < 1.29 is 9.84 Å². The third-order valence-corrected chi connectivity index (χ3v) is 2.62. The molecule has 0 amide bonds. The first-order valence-corrected chi connectivity index (χ1v) is 5.06. The van der Waals surface area contributed by atoms with Gasteiger partial charge in [-0.2, -0.15) is 0 Å². The molecule has 0 spiro atoms. The maximum atomic E-state index is 9.18. The number of phenols is 1. The molecular weight excluding hydrogens is 176 g/mol. The molecule has 1 rings (SSSR count). The van der Waals surface area contributed by atoms with E-state index in [1.807, 2.05) is 19.1 Å². The fourth-order valence-corrected chi connectivity index (χ4v) is 1.52. The predicted molar refractivity (Wildman–Crippen MR) is 57.4 cm³/mol. The van der Waals surface area contributed by atoms with Gasteiger partial charge in [0.25, 0.3) is 0 Å². The molecule has 0 radical (unpaired) electrons. The molecule has 0 aromatic heterocycles. The molecule has 0 fully saturated rings. The Kier molecular flexibility index (Phi) is 3.53. The normalized spacial score (nSPS) is 15.1. The Morgan fingerprint density at radius 3 is 2.21 bits per heavy atom. The highest BCUT2D eigenvalue weighted by Gasteiger charge is 2.24. The Morgan fingerprint density at radius 1 is 1.21 bits per heavy atom. The maximum Gasteiger partial charge on any atom is 0.115 e. The summed E-state index contributed by atoms with van der Waals surface area (Å²) in [7, 11) is 0. The summed E-state index contributed by atoms with van der Waals surface area (Å²) in [5, 5.41) is 9.18. The number of hydrogen-bond acceptors (Lipinski definition) is 2. The minimum absolute atomic E-state index is 0.234. The van der Waals surface area contributed by atoms with Gasteiger partial charge in [-0.05, 0) is 38.0 Å². The van der Waals surface area contributed by atoms with Gasteiger partial charge in [-0.3, -0.25) is 0 Å². The predicted octanol–water partition coefficient (Wildman–Crippen LogP) is 3.05. The highest BCUT2D eigenvalue weighted by Crippen LogP contribution is 2.29. The number of benzene rings is 1. The summed E-state index contributed by atoms with van der Waals surface area (Å²) in [5.41, 5.74) is 0.877. The number of hydrogen-bond donors (Lipinski definition) is 1. The molecule has 0 aliphatic rings. The van der Waals surface area contributed by atoms with Gasteiger partial charge in [0.15, 0.2) is 0 Å². The highest BCUT2D eigenvalue weighted by molar-refractivity contribution is 5.29. The van der Waals surface area contributed by atoms with Gasteiger partial charge in [-0.1, -0.05) is 19.1 Å². The van der Waals surface area contributed by atoms with Crippen molar-refractivity contribution in [1.82, 2.24) is 0 Å². The Hall–Kier alpha value is -1.02. The van der Waals surface area contributed by atoms with E-state index in [1.54, 1.807) is 12.1 Å². The number of ether oxygens (including phenoxy) is 1. The lowest BCUT2D eigenvalue weighted by Gasteiger charge is -2.28. The molecule has 1 aromatic carbocycles. The third kappa shape index (κ3) is 2.26. The first-order chi connectivity index (χ1) is 6.62. The van der Waals surface area contributed by atoms with Crippen LogP contribution in [0.4, 0.5) is 0 Å².